The SMILES string of the molecule is CCCCCCCCC(=O)c1cc(Br)ccc1Br. The highest BCUT2D eigenvalue weighted by atomic mass is 79.9. The predicted octanol–water partition coefficient (Wildman–Crippen LogP) is 6.14. The highest BCUT2D eigenvalue weighted by Gasteiger charge is 2.10. The van der Waals surface area contributed by atoms with Crippen LogP contribution in [0.3, 0.4) is 0 Å². The van der Waals surface area contributed by atoms with E-state index >= 15 is 0 Å². The highest BCUT2D eigenvalue weighted by Crippen LogP contribution is 2.23. The van der Waals surface area contributed by atoms with Crippen LogP contribution in [0.1, 0.15) is 62.2 Å². The van der Waals surface area contributed by atoms with Crippen LogP contribution in [0, 0.1) is 0 Å². The summed E-state index contributed by atoms with van der Waals surface area (Å²) in [5.41, 5.74) is 0.790. The van der Waals surface area contributed by atoms with E-state index < -0.39 is 0 Å². The van der Waals surface area contributed by atoms with Crippen LogP contribution in [-0.2, 0) is 0 Å². The molecule has 0 aliphatic carbocycles. The van der Waals surface area contributed by atoms with Crippen molar-refractivity contribution >= 4 is 37.6 Å². The number of ketones is 1. The van der Waals surface area contributed by atoms with Crippen molar-refractivity contribution in [2.75, 3.05) is 0 Å². The first-order valence-corrected chi connectivity index (χ1v) is 8.22. The summed E-state index contributed by atoms with van der Waals surface area (Å²) in [4.78, 5) is 12.1. The number of benzene rings is 1. The van der Waals surface area contributed by atoms with Crippen LogP contribution in [0.2, 0.25) is 0 Å². The number of Topliss-reactive ketones (excluding diaryl/α,β-unsaturated/α-hetero) is 1. The van der Waals surface area contributed by atoms with Crippen molar-refractivity contribution in [3.05, 3.63) is 32.7 Å². The Morgan fingerprint density at radius 2 is 1.72 bits per heavy atom. The number of unbranched alkanes of at least 4 members (excludes halogenated alkanes) is 5. The number of carbonyl (C=O) groups excluding carboxylic acids is 1. The third-order valence-corrected chi connectivity index (χ3v) is 4.17. The van der Waals surface area contributed by atoms with Crippen molar-refractivity contribution in [2.24, 2.45) is 0 Å². The summed E-state index contributed by atoms with van der Waals surface area (Å²) in [6.07, 6.45) is 7.95. The van der Waals surface area contributed by atoms with Crippen molar-refractivity contribution in [2.45, 2.75) is 51.9 Å². The molecule has 3 heteroatoms. The zero-order valence-electron chi connectivity index (χ0n) is 10.8. The lowest BCUT2D eigenvalue weighted by Crippen LogP contribution is -2.00. The van der Waals surface area contributed by atoms with Gasteiger partial charge < -0.3 is 0 Å². The van der Waals surface area contributed by atoms with E-state index in [1.54, 1.807) is 0 Å². The monoisotopic (exact) mass is 374 g/mol. The summed E-state index contributed by atoms with van der Waals surface area (Å²) < 4.78 is 1.85. The minimum atomic E-state index is 0.235. The molecular formula is C15H20Br2O. The van der Waals surface area contributed by atoms with Crippen molar-refractivity contribution in [1.82, 2.24) is 0 Å². The molecule has 0 unspecified atom stereocenters. The van der Waals surface area contributed by atoms with Gasteiger partial charge in [0.05, 0.1) is 0 Å². The fourth-order valence-electron chi connectivity index (χ4n) is 1.91. The molecule has 0 aromatic heterocycles. The first kappa shape index (κ1) is 15.9. The van der Waals surface area contributed by atoms with Gasteiger partial charge in [-0.15, -0.1) is 0 Å². The number of rotatable bonds is 8. The molecule has 0 saturated heterocycles. The molecule has 0 atom stereocenters. The van der Waals surface area contributed by atoms with E-state index in [9.17, 15) is 4.79 Å². The van der Waals surface area contributed by atoms with Gasteiger partial charge in [0.1, 0.15) is 0 Å². The van der Waals surface area contributed by atoms with Gasteiger partial charge in [-0.3, -0.25) is 4.79 Å². The summed E-state index contributed by atoms with van der Waals surface area (Å²) in [5, 5.41) is 0. The van der Waals surface area contributed by atoms with E-state index in [0.29, 0.717) is 6.42 Å². The van der Waals surface area contributed by atoms with E-state index in [1.165, 1.54) is 25.7 Å². The van der Waals surface area contributed by atoms with Gasteiger partial charge in [-0.2, -0.15) is 0 Å². The van der Waals surface area contributed by atoms with E-state index in [2.05, 4.69) is 38.8 Å². The Bertz CT molecular complexity index is 388. The topological polar surface area (TPSA) is 17.1 Å². The molecular weight excluding hydrogens is 356 g/mol. The molecule has 1 aromatic carbocycles. The van der Waals surface area contributed by atoms with Gasteiger partial charge in [0, 0.05) is 20.9 Å². The third-order valence-electron chi connectivity index (χ3n) is 2.99. The quantitative estimate of drug-likeness (QED) is 0.393. The fraction of sp³-hybridized carbons (Fsp3) is 0.533. The second kappa shape index (κ2) is 8.87. The zero-order chi connectivity index (χ0) is 13.4. The largest absolute Gasteiger partial charge is 0.294 e. The fourth-order valence-corrected chi connectivity index (χ4v) is 2.74. The number of hydrogen-bond acceptors (Lipinski definition) is 1. The van der Waals surface area contributed by atoms with Gasteiger partial charge in [-0.1, -0.05) is 70.9 Å². The molecule has 0 bridgehead atoms. The highest BCUT2D eigenvalue weighted by molar-refractivity contribution is 9.11. The van der Waals surface area contributed by atoms with Gasteiger partial charge in [-0.05, 0) is 24.6 Å². The number of hydrogen-bond donors (Lipinski definition) is 0. The first-order chi connectivity index (χ1) is 8.65. The Kier molecular flexibility index (Phi) is 7.84. The second-order valence-electron chi connectivity index (χ2n) is 4.57. The molecule has 100 valence electrons. The van der Waals surface area contributed by atoms with Crippen LogP contribution in [0.5, 0.6) is 0 Å². The lowest BCUT2D eigenvalue weighted by Gasteiger charge is -2.04. The molecule has 0 amide bonds. The molecule has 18 heavy (non-hydrogen) atoms. The van der Waals surface area contributed by atoms with Crippen molar-refractivity contribution in [1.29, 1.82) is 0 Å². The van der Waals surface area contributed by atoms with E-state index in [1.807, 2.05) is 18.2 Å². The Morgan fingerprint density at radius 1 is 1.06 bits per heavy atom. The van der Waals surface area contributed by atoms with Gasteiger partial charge in [0.25, 0.3) is 0 Å². The summed E-state index contributed by atoms with van der Waals surface area (Å²) >= 11 is 6.83. The molecule has 0 saturated carbocycles. The van der Waals surface area contributed by atoms with Crippen LogP contribution in [0.25, 0.3) is 0 Å². The Balaban J connectivity index is 2.34. The van der Waals surface area contributed by atoms with Crippen LogP contribution in [-0.4, -0.2) is 5.78 Å². The number of carbonyl (C=O) groups is 1. The minimum absolute atomic E-state index is 0.235. The first-order valence-electron chi connectivity index (χ1n) is 6.63. The Labute approximate surface area is 127 Å². The lowest BCUT2D eigenvalue weighted by molar-refractivity contribution is 0.0978. The van der Waals surface area contributed by atoms with Crippen molar-refractivity contribution in [3.8, 4) is 0 Å². The molecule has 1 aromatic rings. The van der Waals surface area contributed by atoms with Gasteiger partial charge in [-0.25, -0.2) is 0 Å². The normalized spacial score (nSPS) is 10.6. The minimum Gasteiger partial charge on any atom is -0.294 e. The molecule has 1 nitrogen and oxygen atoms in total. The van der Waals surface area contributed by atoms with Gasteiger partial charge in [0.2, 0.25) is 0 Å². The van der Waals surface area contributed by atoms with E-state index in [4.69, 9.17) is 0 Å². The average Bonchev–Trinajstić information content (AvgIpc) is 2.36. The molecule has 0 heterocycles. The summed E-state index contributed by atoms with van der Waals surface area (Å²) in [6.45, 7) is 2.22. The van der Waals surface area contributed by atoms with Crippen molar-refractivity contribution < 1.29 is 4.79 Å². The van der Waals surface area contributed by atoms with Gasteiger partial charge >= 0.3 is 0 Å². The molecule has 0 spiro atoms. The standard InChI is InChI=1S/C15H20Br2O/c1-2-3-4-5-6-7-8-15(18)13-11-12(16)9-10-14(13)17/h9-11H,2-8H2,1H3. The Hall–Kier alpha value is -0.150. The number of halogens is 2. The third kappa shape index (κ3) is 5.66. The van der Waals surface area contributed by atoms with Gasteiger partial charge in [0.15, 0.2) is 5.78 Å². The molecule has 0 aliphatic rings. The average molecular weight is 376 g/mol. The molecule has 1 rings (SSSR count). The van der Waals surface area contributed by atoms with Crippen LogP contribution < -0.4 is 0 Å². The summed E-state index contributed by atoms with van der Waals surface area (Å²) in [6, 6.07) is 5.74. The van der Waals surface area contributed by atoms with Crippen LogP contribution in [0.15, 0.2) is 27.1 Å². The predicted molar refractivity (Wildman–Crippen MR) is 84.2 cm³/mol. The van der Waals surface area contributed by atoms with Crippen LogP contribution in [0.4, 0.5) is 0 Å². The molecule has 0 aliphatic heterocycles. The smallest absolute Gasteiger partial charge is 0.164 e. The lowest BCUT2D eigenvalue weighted by atomic mass is 10.0. The second-order valence-corrected chi connectivity index (χ2v) is 6.34. The van der Waals surface area contributed by atoms with E-state index in [-0.39, 0.29) is 5.78 Å². The Morgan fingerprint density at radius 3 is 2.44 bits per heavy atom. The van der Waals surface area contributed by atoms with E-state index in [0.717, 1.165) is 27.4 Å². The summed E-state index contributed by atoms with van der Waals surface area (Å²) in [7, 11) is 0. The van der Waals surface area contributed by atoms with Crippen LogP contribution >= 0.6 is 31.9 Å². The maximum Gasteiger partial charge on any atom is 0.164 e. The van der Waals surface area contributed by atoms with Crippen molar-refractivity contribution in [3.63, 3.8) is 0 Å². The summed E-state index contributed by atoms with van der Waals surface area (Å²) in [5.74, 6) is 0.235. The maximum atomic E-state index is 12.1. The maximum absolute atomic E-state index is 12.1. The molecule has 0 radical (unpaired) electrons. The zero-order valence-corrected chi connectivity index (χ0v) is 14.0. The molecule has 0 N–H and O–H groups in total. The molecule has 0 fully saturated rings.